The van der Waals surface area contributed by atoms with Crippen molar-refractivity contribution < 1.29 is 17.9 Å². The maximum Gasteiger partial charge on any atom is 0.573 e. The molecule has 0 bridgehead atoms. The minimum atomic E-state index is -4.73. The van der Waals surface area contributed by atoms with Crippen molar-refractivity contribution in [1.29, 1.82) is 0 Å². The SMILES string of the molecule is CN=C(NCc1nc(C(C)(C)C)cs1)NCc1ccccc1OC(F)(F)F.I. The molecule has 0 fully saturated rings. The van der Waals surface area contributed by atoms with E-state index in [0.29, 0.717) is 18.1 Å². The summed E-state index contributed by atoms with van der Waals surface area (Å²) in [7, 11) is 1.59. The monoisotopic (exact) mass is 528 g/mol. The molecule has 0 saturated carbocycles. The van der Waals surface area contributed by atoms with Gasteiger partial charge in [0.1, 0.15) is 10.8 Å². The Bertz CT molecular complexity index is 788. The number of alkyl halides is 3. The average molecular weight is 528 g/mol. The van der Waals surface area contributed by atoms with Gasteiger partial charge in [0.25, 0.3) is 0 Å². The summed E-state index contributed by atoms with van der Waals surface area (Å²) < 4.78 is 41.5. The van der Waals surface area contributed by atoms with Crippen LogP contribution in [-0.2, 0) is 18.5 Å². The molecule has 28 heavy (non-hydrogen) atoms. The normalized spacial score (nSPS) is 12.3. The van der Waals surface area contributed by atoms with Gasteiger partial charge in [-0.15, -0.1) is 48.5 Å². The number of halogens is 4. The zero-order valence-electron chi connectivity index (χ0n) is 16.1. The molecule has 0 saturated heterocycles. The van der Waals surface area contributed by atoms with Crippen molar-refractivity contribution in [2.24, 2.45) is 4.99 Å². The van der Waals surface area contributed by atoms with Gasteiger partial charge in [-0.05, 0) is 6.07 Å². The lowest BCUT2D eigenvalue weighted by Gasteiger charge is -2.15. The van der Waals surface area contributed by atoms with E-state index in [1.807, 2.05) is 5.38 Å². The zero-order chi connectivity index (χ0) is 20.1. The molecule has 10 heteroatoms. The molecular weight excluding hydrogens is 504 g/mol. The Morgan fingerprint density at radius 2 is 1.79 bits per heavy atom. The lowest BCUT2D eigenvalue weighted by molar-refractivity contribution is -0.274. The van der Waals surface area contributed by atoms with E-state index in [4.69, 9.17) is 0 Å². The Balaban J connectivity index is 0.00000392. The Labute approximate surface area is 183 Å². The molecule has 2 N–H and O–H groups in total. The molecule has 0 amide bonds. The van der Waals surface area contributed by atoms with E-state index in [9.17, 15) is 13.2 Å². The fourth-order valence-corrected chi connectivity index (χ4v) is 3.13. The number of rotatable bonds is 5. The summed E-state index contributed by atoms with van der Waals surface area (Å²) in [5, 5.41) is 9.03. The molecule has 1 heterocycles. The number of aliphatic imine (C=N–C) groups is 1. The van der Waals surface area contributed by atoms with E-state index >= 15 is 0 Å². The number of nitrogens with zero attached hydrogens (tertiary/aromatic N) is 2. The van der Waals surface area contributed by atoms with Crippen LogP contribution in [0.5, 0.6) is 5.75 Å². The number of guanidine groups is 1. The molecule has 0 unspecified atom stereocenters. The number of aromatic nitrogens is 1. The van der Waals surface area contributed by atoms with Gasteiger partial charge in [0.2, 0.25) is 0 Å². The molecular formula is C18H24F3IN4OS. The van der Waals surface area contributed by atoms with Crippen LogP contribution in [0.4, 0.5) is 13.2 Å². The number of thiazole rings is 1. The minimum absolute atomic E-state index is 0. The average Bonchev–Trinajstić information content (AvgIpc) is 3.04. The van der Waals surface area contributed by atoms with Gasteiger partial charge >= 0.3 is 6.36 Å². The first-order chi connectivity index (χ1) is 12.6. The first-order valence-corrected chi connectivity index (χ1v) is 9.19. The van der Waals surface area contributed by atoms with E-state index < -0.39 is 6.36 Å². The number of nitrogens with one attached hydrogen (secondary N) is 2. The minimum Gasteiger partial charge on any atom is -0.405 e. The zero-order valence-corrected chi connectivity index (χ0v) is 19.2. The lowest BCUT2D eigenvalue weighted by Crippen LogP contribution is -2.36. The van der Waals surface area contributed by atoms with Gasteiger partial charge in [0, 0.05) is 30.0 Å². The number of benzene rings is 1. The van der Waals surface area contributed by atoms with Gasteiger partial charge in [-0.25, -0.2) is 4.98 Å². The summed E-state index contributed by atoms with van der Waals surface area (Å²) in [6, 6.07) is 6.00. The highest BCUT2D eigenvalue weighted by Crippen LogP contribution is 2.26. The molecule has 0 atom stereocenters. The molecule has 0 spiro atoms. The van der Waals surface area contributed by atoms with Crippen LogP contribution in [0.3, 0.4) is 0 Å². The van der Waals surface area contributed by atoms with Crippen LogP contribution in [-0.4, -0.2) is 24.4 Å². The Morgan fingerprint density at radius 3 is 2.36 bits per heavy atom. The maximum absolute atomic E-state index is 12.5. The second kappa shape index (κ2) is 10.3. The Kier molecular flexibility index (Phi) is 8.99. The standard InChI is InChI=1S/C18H23F3N4OS.HI/c1-17(2,3)14-11-27-15(25-14)10-24-16(22-4)23-9-12-7-5-6-8-13(12)26-18(19,20)21;/h5-8,11H,9-10H2,1-4H3,(H2,22,23,24);1H. The molecule has 0 radical (unpaired) electrons. The van der Waals surface area contributed by atoms with Gasteiger partial charge in [0.05, 0.1) is 12.2 Å². The largest absolute Gasteiger partial charge is 0.573 e. The molecule has 0 aliphatic rings. The van der Waals surface area contributed by atoms with E-state index in [1.54, 1.807) is 30.5 Å². The number of ether oxygens (including phenoxy) is 1. The first kappa shape index (κ1) is 24.5. The number of hydrogen-bond donors (Lipinski definition) is 2. The fraction of sp³-hybridized carbons (Fsp3) is 0.444. The van der Waals surface area contributed by atoms with Gasteiger partial charge in [-0.2, -0.15) is 0 Å². The van der Waals surface area contributed by atoms with Crippen molar-refractivity contribution in [1.82, 2.24) is 15.6 Å². The summed E-state index contributed by atoms with van der Waals surface area (Å²) in [5.41, 5.74) is 1.38. The molecule has 1 aromatic carbocycles. The van der Waals surface area contributed by atoms with E-state index in [1.165, 1.54) is 12.1 Å². The summed E-state index contributed by atoms with van der Waals surface area (Å²) >= 11 is 1.55. The van der Waals surface area contributed by atoms with Gasteiger partial charge in [-0.1, -0.05) is 39.0 Å². The summed E-state index contributed by atoms with van der Waals surface area (Å²) in [6.07, 6.45) is -4.73. The van der Waals surface area contributed by atoms with Crippen LogP contribution in [0.25, 0.3) is 0 Å². The second-order valence-electron chi connectivity index (χ2n) is 6.81. The van der Waals surface area contributed by atoms with Crippen molar-refractivity contribution in [3.63, 3.8) is 0 Å². The molecule has 5 nitrogen and oxygen atoms in total. The van der Waals surface area contributed by atoms with Gasteiger partial charge in [-0.3, -0.25) is 4.99 Å². The van der Waals surface area contributed by atoms with Crippen LogP contribution in [0.2, 0.25) is 0 Å². The van der Waals surface area contributed by atoms with Crippen molar-refractivity contribution in [2.45, 2.75) is 45.6 Å². The smallest absolute Gasteiger partial charge is 0.405 e. The maximum atomic E-state index is 12.5. The first-order valence-electron chi connectivity index (χ1n) is 8.31. The molecule has 0 aliphatic heterocycles. The topological polar surface area (TPSA) is 58.5 Å². The number of para-hydroxylation sites is 1. The van der Waals surface area contributed by atoms with Crippen LogP contribution in [0.1, 0.15) is 37.0 Å². The van der Waals surface area contributed by atoms with E-state index in [0.717, 1.165) is 10.7 Å². The van der Waals surface area contributed by atoms with Gasteiger partial charge < -0.3 is 15.4 Å². The van der Waals surface area contributed by atoms with Crippen molar-refractivity contribution >= 4 is 41.3 Å². The molecule has 156 valence electrons. The summed E-state index contributed by atoms with van der Waals surface area (Å²) in [6.45, 7) is 6.90. The summed E-state index contributed by atoms with van der Waals surface area (Å²) in [5.74, 6) is 0.229. The van der Waals surface area contributed by atoms with E-state index in [-0.39, 0.29) is 41.7 Å². The highest BCUT2D eigenvalue weighted by atomic mass is 127. The Morgan fingerprint density at radius 1 is 1.14 bits per heavy atom. The van der Waals surface area contributed by atoms with E-state index in [2.05, 4.69) is 46.1 Å². The Hall–Kier alpha value is -1.56. The van der Waals surface area contributed by atoms with Crippen LogP contribution >= 0.6 is 35.3 Å². The van der Waals surface area contributed by atoms with Crippen LogP contribution in [0.15, 0.2) is 34.6 Å². The third kappa shape index (κ3) is 7.82. The van der Waals surface area contributed by atoms with Gasteiger partial charge in [0.15, 0.2) is 5.96 Å². The molecule has 1 aromatic heterocycles. The predicted molar refractivity (Wildman–Crippen MR) is 116 cm³/mol. The second-order valence-corrected chi connectivity index (χ2v) is 7.75. The number of hydrogen-bond acceptors (Lipinski definition) is 4. The van der Waals surface area contributed by atoms with Crippen molar-refractivity contribution in [2.75, 3.05) is 7.05 Å². The highest BCUT2D eigenvalue weighted by Gasteiger charge is 2.31. The third-order valence-corrected chi connectivity index (χ3v) is 4.44. The lowest BCUT2D eigenvalue weighted by atomic mass is 9.93. The third-order valence-electron chi connectivity index (χ3n) is 3.60. The molecule has 0 aliphatic carbocycles. The predicted octanol–water partition coefficient (Wildman–Crippen LogP) is 4.82. The molecule has 2 aromatic rings. The van der Waals surface area contributed by atoms with Crippen LogP contribution < -0.4 is 15.4 Å². The molecule has 2 rings (SSSR count). The highest BCUT2D eigenvalue weighted by molar-refractivity contribution is 14.0. The van der Waals surface area contributed by atoms with Crippen molar-refractivity contribution in [3.05, 3.63) is 45.9 Å². The van der Waals surface area contributed by atoms with Crippen LogP contribution in [0, 0.1) is 0 Å². The quantitative estimate of drug-likeness (QED) is 0.332. The van der Waals surface area contributed by atoms with Crippen molar-refractivity contribution in [3.8, 4) is 5.75 Å². The summed E-state index contributed by atoms with van der Waals surface area (Å²) in [4.78, 5) is 8.67. The fourth-order valence-electron chi connectivity index (χ4n) is 2.17.